The topological polar surface area (TPSA) is 65.0 Å². The van der Waals surface area contributed by atoms with Crippen LogP contribution >= 0.6 is 0 Å². The van der Waals surface area contributed by atoms with Gasteiger partial charge < -0.3 is 19.3 Å². The van der Waals surface area contributed by atoms with Gasteiger partial charge in [-0.15, -0.1) is 0 Å². The molecule has 2 aromatic rings. The summed E-state index contributed by atoms with van der Waals surface area (Å²) in [7, 11) is 4.44. The maximum absolute atomic E-state index is 12.7. The highest BCUT2D eigenvalue weighted by Crippen LogP contribution is 2.33. The van der Waals surface area contributed by atoms with E-state index in [1.54, 1.807) is 30.3 Å². The number of hydrogen-bond acceptors (Lipinski definition) is 5. The fraction of sp³-hybridized carbons (Fsp3) is 0.188. The Hall–Kier alpha value is -2.69. The third kappa shape index (κ3) is 2.76. The van der Waals surface area contributed by atoms with Gasteiger partial charge in [-0.25, -0.2) is 0 Å². The molecule has 0 fully saturated rings. The summed E-state index contributed by atoms with van der Waals surface area (Å²) in [6, 6.07) is 9.51. The summed E-state index contributed by atoms with van der Waals surface area (Å²) in [5, 5.41) is 9.95. The van der Waals surface area contributed by atoms with E-state index in [0.29, 0.717) is 22.8 Å². The molecular formula is C16H16O5. The van der Waals surface area contributed by atoms with Crippen molar-refractivity contribution < 1.29 is 24.1 Å². The number of ether oxygens (including phenoxy) is 3. The number of hydrogen-bond donors (Lipinski definition) is 1. The third-order valence-electron chi connectivity index (χ3n) is 3.10. The number of benzene rings is 2. The predicted molar refractivity (Wildman–Crippen MR) is 77.6 cm³/mol. The summed E-state index contributed by atoms with van der Waals surface area (Å²) in [5.74, 6) is 0.719. The van der Waals surface area contributed by atoms with Gasteiger partial charge in [0.1, 0.15) is 28.6 Å². The molecule has 5 heteroatoms. The number of carbonyl (C=O) groups is 1. The molecule has 21 heavy (non-hydrogen) atoms. The molecule has 110 valence electrons. The van der Waals surface area contributed by atoms with Crippen LogP contribution in [0, 0.1) is 0 Å². The highest BCUT2D eigenvalue weighted by atomic mass is 16.5. The molecule has 0 unspecified atom stereocenters. The zero-order valence-electron chi connectivity index (χ0n) is 12.0. The maximum atomic E-state index is 12.7. The molecule has 0 radical (unpaired) electrons. The number of ketones is 1. The molecule has 0 aromatic heterocycles. The average molecular weight is 288 g/mol. The van der Waals surface area contributed by atoms with E-state index < -0.39 is 0 Å². The lowest BCUT2D eigenvalue weighted by molar-refractivity contribution is 0.103. The summed E-state index contributed by atoms with van der Waals surface area (Å²) in [5.41, 5.74) is 0.418. The lowest BCUT2D eigenvalue weighted by Crippen LogP contribution is -2.06. The van der Waals surface area contributed by atoms with Gasteiger partial charge in [-0.3, -0.25) is 4.79 Å². The Kier molecular flexibility index (Phi) is 4.33. The molecule has 0 atom stereocenters. The van der Waals surface area contributed by atoms with Crippen molar-refractivity contribution in [3.63, 3.8) is 0 Å². The molecule has 0 aliphatic heterocycles. The second-order valence-corrected chi connectivity index (χ2v) is 4.25. The van der Waals surface area contributed by atoms with Crippen LogP contribution in [0.15, 0.2) is 36.4 Å². The number of rotatable bonds is 5. The number of phenols is 1. The van der Waals surface area contributed by atoms with Gasteiger partial charge in [-0.2, -0.15) is 0 Å². The Morgan fingerprint density at radius 1 is 0.952 bits per heavy atom. The van der Waals surface area contributed by atoms with Crippen molar-refractivity contribution in [3.8, 4) is 23.0 Å². The molecule has 2 rings (SSSR count). The Balaban J connectivity index is 2.55. The van der Waals surface area contributed by atoms with Crippen LogP contribution < -0.4 is 14.2 Å². The first-order valence-corrected chi connectivity index (χ1v) is 6.25. The van der Waals surface area contributed by atoms with E-state index in [2.05, 4.69) is 0 Å². The maximum Gasteiger partial charge on any atom is 0.204 e. The minimum Gasteiger partial charge on any atom is -0.507 e. The highest BCUT2D eigenvalue weighted by molar-refractivity contribution is 6.14. The van der Waals surface area contributed by atoms with Crippen molar-refractivity contribution in [1.82, 2.24) is 0 Å². The molecular weight excluding hydrogens is 272 g/mol. The standard InChI is InChI=1S/C16H16O5/c1-19-10-7-8-11(14(9-10)21-3)16(18)15-12(17)5-4-6-13(15)20-2/h4-9,17H,1-3H3. The average Bonchev–Trinajstić information content (AvgIpc) is 2.53. The normalized spacial score (nSPS) is 10.0. The lowest BCUT2D eigenvalue weighted by Gasteiger charge is -2.12. The second-order valence-electron chi connectivity index (χ2n) is 4.25. The summed E-state index contributed by atoms with van der Waals surface area (Å²) in [6.45, 7) is 0. The molecule has 0 bridgehead atoms. The lowest BCUT2D eigenvalue weighted by atomic mass is 10.0. The highest BCUT2D eigenvalue weighted by Gasteiger charge is 2.22. The molecule has 1 N–H and O–H groups in total. The first-order chi connectivity index (χ1) is 10.1. The zero-order valence-corrected chi connectivity index (χ0v) is 12.0. The Morgan fingerprint density at radius 2 is 1.67 bits per heavy atom. The summed E-state index contributed by atoms with van der Waals surface area (Å²) >= 11 is 0. The van der Waals surface area contributed by atoms with Gasteiger partial charge in [-0.1, -0.05) is 6.07 Å². The fourth-order valence-electron chi connectivity index (χ4n) is 2.04. The number of methoxy groups -OCH3 is 3. The van der Waals surface area contributed by atoms with Crippen LogP contribution in [0.2, 0.25) is 0 Å². The van der Waals surface area contributed by atoms with Crippen LogP contribution in [0.3, 0.4) is 0 Å². The van der Waals surface area contributed by atoms with E-state index in [1.165, 1.54) is 27.4 Å². The third-order valence-corrected chi connectivity index (χ3v) is 3.10. The van der Waals surface area contributed by atoms with Crippen molar-refractivity contribution in [2.75, 3.05) is 21.3 Å². The van der Waals surface area contributed by atoms with Crippen LogP contribution in [0.25, 0.3) is 0 Å². The molecule has 0 aliphatic rings. The van der Waals surface area contributed by atoms with E-state index >= 15 is 0 Å². The van der Waals surface area contributed by atoms with E-state index in [1.807, 2.05) is 0 Å². The monoisotopic (exact) mass is 288 g/mol. The van der Waals surface area contributed by atoms with Crippen molar-refractivity contribution >= 4 is 5.78 Å². The Bertz CT molecular complexity index is 664. The van der Waals surface area contributed by atoms with Gasteiger partial charge in [0.25, 0.3) is 0 Å². The van der Waals surface area contributed by atoms with Crippen LogP contribution in [-0.4, -0.2) is 32.2 Å². The van der Waals surface area contributed by atoms with Crippen LogP contribution in [0.1, 0.15) is 15.9 Å². The zero-order chi connectivity index (χ0) is 15.4. The number of phenolic OH excluding ortho intramolecular Hbond substituents is 1. The summed E-state index contributed by atoms with van der Waals surface area (Å²) in [6.07, 6.45) is 0. The van der Waals surface area contributed by atoms with Crippen molar-refractivity contribution in [3.05, 3.63) is 47.5 Å². The minimum atomic E-state index is -0.385. The Labute approximate surface area is 122 Å². The van der Waals surface area contributed by atoms with Crippen molar-refractivity contribution in [2.45, 2.75) is 0 Å². The van der Waals surface area contributed by atoms with E-state index in [-0.39, 0.29) is 17.1 Å². The molecule has 0 heterocycles. The van der Waals surface area contributed by atoms with E-state index in [4.69, 9.17) is 14.2 Å². The smallest absolute Gasteiger partial charge is 0.204 e. The minimum absolute atomic E-state index is 0.100. The van der Waals surface area contributed by atoms with Gasteiger partial charge in [0.2, 0.25) is 5.78 Å². The summed E-state index contributed by atoms with van der Waals surface area (Å²) in [4.78, 5) is 12.7. The molecule has 0 saturated carbocycles. The van der Waals surface area contributed by atoms with Crippen LogP contribution in [0.4, 0.5) is 0 Å². The SMILES string of the molecule is COc1ccc(C(=O)c2c(O)cccc2OC)c(OC)c1. The van der Waals surface area contributed by atoms with Gasteiger partial charge in [0.05, 0.1) is 26.9 Å². The summed E-state index contributed by atoms with van der Waals surface area (Å²) < 4.78 is 15.5. The van der Waals surface area contributed by atoms with E-state index in [0.717, 1.165) is 0 Å². The largest absolute Gasteiger partial charge is 0.507 e. The Morgan fingerprint density at radius 3 is 2.29 bits per heavy atom. The molecule has 5 nitrogen and oxygen atoms in total. The number of aromatic hydroxyl groups is 1. The number of carbonyl (C=O) groups excluding carboxylic acids is 1. The van der Waals surface area contributed by atoms with Crippen LogP contribution in [0.5, 0.6) is 23.0 Å². The molecule has 0 amide bonds. The first-order valence-electron chi connectivity index (χ1n) is 6.25. The molecule has 0 aliphatic carbocycles. The van der Waals surface area contributed by atoms with E-state index in [9.17, 15) is 9.90 Å². The predicted octanol–water partition coefficient (Wildman–Crippen LogP) is 2.65. The first kappa shape index (κ1) is 14.7. The molecule has 2 aromatic carbocycles. The van der Waals surface area contributed by atoms with Gasteiger partial charge in [0.15, 0.2) is 0 Å². The van der Waals surface area contributed by atoms with Gasteiger partial charge in [-0.05, 0) is 24.3 Å². The fourth-order valence-corrected chi connectivity index (χ4v) is 2.04. The van der Waals surface area contributed by atoms with Gasteiger partial charge >= 0.3 is 0 Å². The second kappa shape index (κ2) is 6.17. The van der Waals surface area contributed by atoms with Crippen molar-refractivity contribution in [2.24, 2.45) is 0 Å². The van der Waals surface area contributed by atoms with Crippen LogP contribution in [-0.2, 0) is 0 Å². The molecule has 0 spiro atoms. The van der Waals surface area contributed by atoms with Gasteiger partial charge in [0, 0.05) is 6.07 Å². The molecule has 0 saturated heterocycles. The quantitative estimate of drug-likeness (QED) is 0.857. The van der Waals surface area contributed by atoms with Crippen molar-refractivity contribution in [1.29, 1.82) is 0 Å².